The second-order valence-electron chi connectivity index (χ2n) is 7.76. The number of halogens is 1. The Bertz CT molecular complexity index is 811. The highest BCUT2D eigenvalue weighted by Crippen LogP contribution is 2.23. The topological polar surface area (TPSA) is 95.5 Å². The Balaban J connectivity index is 1.67. The van der Waals surface area contributed by atoms with Crippen LogP contribution in [-0.2, 0) is 10.0 Å². The van der Waals surface area contributed by atoms with Gasteiger partial charge in [0.1, 0.15) is 0 Å². The largest absolute Gasteiger partial charge is 0.341 e. The Morgan fingerprint density at radius 3 is 2.68 bits per heavy atom. The minimum atomic E-state index is -3.31. The molecule has 1 atom stereocenters. The number of sulfonamides is 1. The summed E-state index contributed by atoms with van der Waals surface area (Å²) in [5, 5.41) is -0.228. The molecule has 2 aliphatic heterocycles. The van der Waals surface area contributed by atoms with Gasteiger partial charge in [-0.2, -0.15) is 0 Å². The molecule has 0 bridgehead atoms. The summed E-state index contributed by atoms with van der Waals surface area (Å²) in [4.78, 5) is 25.5. The van der Waals surface area contributed by atoms with Gasteiger partial charge in [0.25, 0.3) is 5.91 Å². The normalized spacial score (nSPS) is 20.8. The van der Waals surface area contributed by atoms with Crippen LogP contribution >= 0.6 is 11.6 Å². The van der Waals surface area contributed by atoms with Crippen molar-refractivity contribution in [3.63, 3.8) is 0 Å². The molecule has 0 radical (unpaired) electrons. The van der Waals surface area contributed by atoms with Gasteiger partial charge in [0, 0.05) is 32.7 Å². The first-order chi connectivity index (χ1) is 13.3. The molecule has 1 amide bonds. The molecule has 3 heterocycles. The number of nitrogens with one attached hydrogen (secondary N) is 1. The number of rotatable bonds is 6. The van der Waals surface area contributed by atoms with Crippen LogP contribution in [0.5, 0.6) is 0 Å². The minimum absolute atomic E-state index is 0.0740. The zero-order valence-corrected chi connectivity index (χ0v) is 18.0. The lowest BCUT2D eigenvalue weighted by molar-refractivity contribution is 0.0670. The van der Waals surface area contributed by atoms with Crippen molar-refractivity contribution in [3.05, 3.63) is 16.9 Å². The number of piperidine rings is 1. The Kier molecular flexibility index (Phi) is 6.77. The standard InChI is InChI=1S/C18H28ClN5O3S/c1-13(2)28(26,27)21-10-14-6-5-9-24(12-14)17(25)16-15(19)11-20-18(22-16)23-7-3-4-8-23/h11,13-14,21H,3-10,12H2,1-2H3/t14-/m1/s1. The van der Waals surface area contributed by atoms with Gasteiger partial charge in [0.2, 0.25) is 16.0 Å². The highest BCUT2D eigenvalue weighted by molar-refractivity contribution is 7.90. The molecular weight excluding hydrogens is 402 g/mol. The SMILES string of the molecule is CC(C)S(=O)(=O)NC[C@H]1CCCN(C(=O)c2nc(N3CCCC3)ncc2Cl)C1. The number of carbonyl (C=O) groups excluding carboxylic acids is 1. The molecule has 2 fully saturated rings. The third-order valence-electron chi connectivity index (χ3n) is 5.32. The summed E-state index contributed by atoms with van der Waals surface area (Å²) >= 11 is 6.23. The Hall–Kier alpha value is -1.45. The van der Waals surface area contributed by atoms with Gasteiger partial charge in [0.05, 0.1) is 16.5 Å². The maximum Gasteiger partial charge on any atom is 0.274 e. The van der Waals surface area contributed by atoms with Crippen LogP contribution in [0.1, 0.15) is 50.0 Å². The van der Waals surface area contributed by atoms with E-state index in [9.17, 15) is 13.2 Å². The van der Waals surface area contributed by atoms with Crippen molar-refractivity contribution in [2.24, 2.45) is 5.92 Å². The van der Waals surface area contributed by atoms with E-state index in [1.807, 2.05) is 0 Å². The maximum atomic E-state index is 13.0. The van der Waals surface area contributed by atoms with E-state index in [2.05, 4.69) is 19.6 Å². The third kappa shape index (κ3) is 4.93. The molecule has 28 heavy (non-hydrogen) atoms. The molecule has 0 saturated carbocycles. The molecule has 0 unspecified atom stereocenters. The van der Waals surface area contributed by atoms with Crippen molar-refractivity contribution in [2.75, 3.05) is 37.6 Å². The number of anilines is 1. The summed E-state index contributed by atoms with van der Waals surface area (Å²) in [6.45, 7) is 6.50. The van der Waals surface area contributed by atoms with E-state index >= 15 is 0 Å². The van der Waals surface area contributed by atoms with Crippen molar-refractivity contribution in [1.29, 1.82) is 0 Å². The van der Waals surface area contributed by atoms with Gasteiger partial charge in [-0.3, -0.25) is 4.79 Å². The number of aromatic nitrogens is 2. The highest BCUT2D eigenvalue weighted by Gasteiger charge is 2.29. The molecule has 1 aromatic heterocycles. The fourth-order valence-corrected chi connectivity index (χ4v) is 4.52. The molecule has 0 aromatic carbocycles. The average Bonchev–Trinajstić information content (AvgIpc) is 3.21. The number of carbonyl (C=O) groups is 1. The molecule has 2 saturated heterocycles. The van der Waals surface area contributed by atoms with Crippen molar-refractivity contribution in [3.8, 4) is 0 Å². The van der Waals surface area contributed by atoms with E-state index in [4.69, 9.17) is 11.6 Å². The lowest BCUT2D eigenvalue weighted by Crippen LogP contribution is -2.45. The lowest BCUT2D eigenvalue weighted by atomic mass is 9.98. The molecule has 156 valence electrons. The number of amides is 1. The van der Waals surface area contributed by atoms with Gasteiger partial charge in [-0.05, 0) is 45.4 Å². The van der Waals surface area contributed by atoms with E-state index in [1.165, 1.54) is 6.20 Å². The zero-order chi connectivity index (χ0) is 20.3. The van der Waals surface area contributed by atoms with E-state index < -0.39 is 15.3 Å². The van der Waals surface area contributed by atoms with Gasteiger partial charge in [-0.25, -0.2) is 23.1 Å². The van der Waals surface area contributed by atoms with E-state index in [-0.39, 0.29) is 22.5 Å². The van der Waals surface area contributed by atoms with Crippen LogP contribution in [0.15, 0.2) is 6.20 Å². The third-order valence-corrected chi connectivity index (χ3v) is 7.41. The molecule has 1 aromatic rings. The quantitative estimate of drug-likeness (QED) is 0.742. The van der Waals surface area contributed by atoms with E-state index in [0.29, 0.717) is 25.6 Å². The predicted molar refractivity (Wildman–Crippen MR) is 109 cm³/mol. The fraction of sp³-hybridized carbons (Fsp3) is 0.722. The van der Waals surface area contributed by atoms with Gasteiger partial charge >= 0.3 is 0 Å². The number of hydrogen-bond donors (Lipinski definition) is 1. The minimum Gasteiger partial charge on any atom is -0.341 e. The van der Waals surface area contributed by atoms with Gasteiger partial charge in [0.15, 0.2) is 5.69 Å². The number of likely N-dealkylation sites (tertiary alicyclic amines) is 1. The Morgan fingerprint density at radius 2 is 2.00 bits per heavy atom. The summed E-state index contributed by atoms with van der Waals surface area (Å²) in [6.07, 6.45) is 5.38. The van der Waals surface area contributed by atoms with Gasteiger partial charge < -0.3 is 9.80 Å². The van der Waals surface area contributed by atoms with Crippen LogP contribution in [0, 0.1) is 5.92 Å². The first-order valence-electron chi connectivity index (χ1n) is 9.83. The molecule has 10 heteroatoms. The van der Waals surface area contributed by atoms with Crippen LogP contribution < -0.4 is 9.62 Å². The smallest absolute Gasteiger partial charge is 0.274 e. The van der Waals surface area contributed by atoms with Crippen molar-refractivity contribution in [2.45, 2.75) is 44.8 Å². The Labute approximate surface area is 171 Å². The second kappa shape index (κ2) is 8.92. The number of nitrogens with zero attached hydrogens (tertiary/aromatic N) is 4. The zero-order valence-electron chi connectivity index (χ0n) is 16.4. The molecule has 8 nitrogen and oxygen atoms in total. The van der Waals surface area contributed by atoms with Gasteiger partial charge in [-0.1, -0.05) is 11.6 Å². The number of hydrogen-bond acceptors (Lipinski definition) is 6. The highest BCUT2D eigenvalue weighted by atomic mass is 35.5. The van der Waals surface area contributed by atoms with Crippen molar-refractivity contribution in [1.82, 2.24) is 19.6 Å². The van der Waals surface area contributed by atoms with Crippen molar-refractivity contribution >= 4 is 33.5 Å². The summed E-state index contributed by atoms with van der Waals surface area (Å²) in [5.41, 5.74) is 0.224. The van der Waals surface area contributed by atoms with Crippen LogP contribution in [-0.4, -0.2) is 67.2 Å². The molecule has 3 rings (SSSR count). The van der Waals surface area contributed by atoms with Crippen LogP contribution in [0.2, 0.25) is 5.02 Å². The first kappa shape index (κ1) is 21.3. The van der Waals surface area contributed by atoms with Crippen molar-refractivity contribution < 1.29 is 13.2 Å². The molecule has 1 N–H and O–H groups in total. The summed E-state index contributed by atoms with van der Waals surface area (Å²) < 4.78 is 26.6. The summed E-state index contributed by atoms with van der Waals surface area (Å²) in [5.74, 6) is 0.401. The fourth-order valence-electron chi connectivity index (χ4n) is 3.54. The second-order valence-corrected chi connectivity index (χ2v) is 10.5. The molecule has 0 aliphatic carbocycles. The average molecular weight is 430 g/mol. The van der Waals surface area contributed by atoms with Crippen LogP contribution in [0.4, 0.5) is 5.95 Å². The predicted octanol–water partition coefficient (Wildman–Crippen LogP) is 1.91. The monoisotopic (exact) mass is 429 g/mol. The van der Waals surface area contributed by atoms with E-state index in [0.717, 1.165) is 38.8 Å². The van der Waals surface area contributed by atoms with E-state index in [1.54, 1.807) is 18.7 Å². The first-order valence-corrected chi connectivity index (χ1v) is 11.8. The lowest BCUT2D eigenvalue weighted by Gasteiger charge is -2.33. The molecular formula is C18H28ClN5O3S. The molecule has 0 spiro atoms. The summed E-state index contributed by atoms with van der Waals surface area (Å²) in [6, 6.07) is 0. The van der Waals surface area contributed by atoms with Crippen LogP contribution in [0.3, 0.4) is 0 Å². The summed E-state index contributed by atoms with van der Waals surface area (Å²) in [7, 11) is -3.31. The van der Waals surface area contributed by atoms with Crippen LogP contribution in [0.25, 0.3) is 0 Å². The molecule has 2 aliphatic rings. The maximum absolute atomic E-state index is 13.0. The Morgan fingerprint density at radius 1 is 1.29 bits per heavy atom. The van der Waals surface area contributed by atoms with Gasteiger partial charge in [-0.15, -0.1) is 0 Å².